The minimum absolute atomic E-state index is 0.100. The van der Waals surface area contributed by atoms with Gasteiger partial charge in [-0.3, -0.25) is 0 Å². The number of carbonyl (C=O) groups is 1. The molecule has 0 aliphatic carbocycles. The molecule has 7 heteroatoms. The van der Waals surface area contributed by atoms with Gasteiger partial charge in [0, 0.05) is 19.2 Å². The molecule has 0 aliphatic rings. The lowest BCUT2D eigenvalue weighted by molar-refractivity contribution is 0.110. The Balaban J connectivity index is 2.06. The first kappa shape index (κ1) is 24.4. The van der Waals surface area contributed by atoms with Crippen LogP contribution in [0.2, 0.25) is 0 Å². The van der Waals surface area contributed by atoms with Crippen LogP contribution < -0.4 is 15.4 Å². The molecule has 1 amide bonds. The van der Waals surface area contributed by atoms with Crippen LogP contribution in [0.15, 0.2) is 67.3 Å². The average Bonchev–Trinajstić information content (AvgIpc) is 2.78. The second-order valence-corrected chi connectivity index (χ2v) is 7.20. The van der Waals surface area contributed by atoms with Crippen LogP contribution in [0.3, 0.4) is 0 Å². The van der Waals surface area contributed by atoms with Gasteiger partial charge in [0.2, 0.25) is 0 Å². The zero-order valence-corrected chi connectivity index (χ0v) is 17.9. The molecule has 2 rings (SSSR count). The molecular formula is C24H32N2O5. The summed E-state index contributed by atoms with van der Waals surface area (Å²) in [5, 5.41) is 25.8. The Morgan fingerprint density at radius 3 is 2.65 bits per heavy atom. The SMILES string of the molecule is C=CCOCCC(NC[C@@H](O)[C@H](Cc1ccccc1)NC(=O)O)c1cccc(OC)c1. The highest BCUT2D eigenvalue weighted by Gasteiger charge is 2.23. The molecule has 2 aromatic carbocycles. The van der Waals surface area contributed by atoms with E-state index in [9.17, 15) is 15.0 Å². The second-order valence-electron chi connectivity index (χ2n) is 7.20. The molecule has 31 heavy (non-hydrogen) atoms. The van der Waals surface area contributed by atoms with Crippen molar-refractivity contribution in [3.63, 3.8) is 0 Å². The number of aliphatic hydroxyl groups excluding tert-OH is 1. The zero-order valence-electron chi connectivity index (χ0n) is 17.9. The van der Waals surface area contributed by atoms with Crippen LogP contribution in [0.4, 0.5) is 4.79 Å². The molecule has 2 aromatic rings. The first-order valence-corrected chi connectivity index (χ1v) is 10.3. The smallest absolute Gasteiger partial charge is 0.404 e. The maximum atomic E-state index is 11.3. The molecule has 168 valence electrons. The Morgan fingerprint density at radius 1 is 1.19 bits per heavy atom. The number of hydrogen-bond donors (Lipinski definition) is 4. The molecule has 0 fully saturated rings. The van der Waals surface area contributed by atoms with E-state index in [1.54, 1.807) is 13.2 Å². The van der Waals surface area contributed by atoms with E-state index in [2.05, 4.69) is 17.2 Å². The molecule has 0 saturated carbocycles. The van der Waals surface area contributed by atoms with E-state index in [4.69, 9.17) is 9.47 Å². The van der Waals surface area contributed by atoms with Crippen LogP contribution in [-0.4, -0.2) is 55.3 Å². The summed E-state index contributed by atoms with van der Waals surface area (Å²) in [6.45, 7) is 4.84. The summed E-state index contributed by atoms with van der Waals surface area (Å²) in [4.78, 5) is 11.3. The van der Waals surface area contributed by atoms with Crippen LogP contribution in [0.5, 0.6) is 5.75 Å². The third-order valence-electron chi connectivity index (χ3n) is 4.93. The molecule has 0 spiro atoms. The monoisotopic (exact) mass is 428 g/mol. The number of aliphatic hydroxyl groups is 1. The lowest BCUT2D eigenvalue weighted by Crippen LogP contribution is -2.48. The molecule has 4 N–H and O–H groups in total. The minimum Gasteiger partial charge on any atom is -0.497 e. The second kappa shape index (κ2) is 13.4. The van der Waals surface area contributed by atoms with Gasteiger partial charge in [0.1, 0.15) is 5.75 Å². The molecular weight excluding hydrogens is 396 g/mol. The first-order chi connectivity index (χ1) is 15.0. The van der Waals surface area contributed by atoms with E-state index < -0.39 is 18.2 Å². The highest BCUT2D eigenvalue weighted by Crippen LogP contribution is 2.22. The number of ether oxygens (including phenoxy) is 2. The Labute approximate surface area is 183 Å². The number of benzene rings is 2. The molecule has 0 aromatic heterocycles. The van der Waals surface area contributed by atoms with Crippen LogP contribution in [0.25, 0.3) is 0 Å². The fraction of sp³-hybridized carbons (Fsp3) is 0.375. The highest BCUT2D eigenvalue weighted by molar-refractivity contribution is 5.65. The third kappa shape index (κ3) is 8.80. The zero-order chi connectivity index (χ0) is 22.5. The van der Waals surface area contributed by atoms with E-state index in [-0.39, 0.29) is 12.6 Å². The van der Waals surface area contributed by atoms with E-state index >= 15 is 0 Å². The van der Waals surface area contributed by atoms with E-state index in [0.29, 0.717) is 26.1 Å². The van der Waals surface area contributed by atoms with Crippen LogP contribution in [-0.2, 0) is 11.2 Å². The number of nitrogens with one attached hydrogen (secondary N) is 2. The van der Waals surface area contributed by atoms with Crippen molar-refractivity contribution in [2.75, 3.05) is 26.9 Å². The van der Waals surface area contributed by atoms with E-state index in [1.807, 2.05) is 54.6 Å². The number of methoxy groups -OCH3 is 1. The molecule has 3 atom stereocenters. The van der Waals surface area contributed by atoms with Gasteiger partial charge in [0.05, 0.1) is 25.9 Å². The Bertz CT molecular complexity index is 800. The van der Waals surface area contributed by atoms with Gasteiger partial charge in [-0.15, -0.1) is 6.58 Å². The van der Waals surface area contributed by atoms with Gasteiger partial charge in [0.25, 0.3) is 0 Å². The summed E-state index contributed by atoms with van der Waals surface area (Å²) in [7, 11) is 1.62. The van der Waals surface area contributed by atoms with Crippen LogP contribution in [0, 0.1) is 0 Å². The van der Waals surface area contributed by atoms with Crippen molar-refractivity contribution in [2.45, 2.75) is 31.0 Å². The molecule has 7 nitrogen and oxygen atoms in total. The van der Waals surface area contributed by atoms with Gasteiger partial charge < -0.3 is 30.3 Å². The Morgan fingerprint density at radius 2 is 1.97 bits per heavy atom. The fourth-order valence-electron chi connectivity index (χ4n) is 3.33. The highest BCUT2D eigenvalue weighted by atomic mass is 16.5. The largest absolute Gasteiger partial charge is 0.497 e. The van der Waals surface area contributed by atoms with Crippen molar-refractivity contribution >= 4 is 6.09 Å². The normalized spacial score (nSPS) is 13.7. The molecule has 1 unspecified atom stereocenters. The van der Waals surface area contributed by atoms with Gasteiger partial charge in [-0.25, -0.2) is 4.79 Å². The van der Waals surface area contributed by atoms with Crippen molar-refractivity contribution in [3.8, 4) is 5.75 Å². The summed E-state index contributed by atoms with van der Waals surface area (Å²) < 4.78 is 10.9. The van der Waals surface area contributed by atoms with Gasteiger partial charge in [-0.05, 0) is 36.1 Å². The summed E-state index contributed by atoms with van der Waals surface area (Å²) in [5.74, 6) is 0.742. The van der Waals surface area contributed by atoms with Gasteiger partial charge in [-0.2, -0.15) is 0 Å². The maximum absolute atomic E-state index is 11.3. The Hall–Kier alpha value is -2.87. The molecule has 0 heterocycles. The topological polar surface area (TPSA) is 100 Å². The standard InChI is InChI=1S/C24H32N2O5/c1-3-13-31-14-12-21(19-10-7-11-20(16-19)30-2)25-17-23(27)22(26-24(28)29)15-18-8-5-4-6-9-18/h3-11,16,21-23,25-27H,1,12-15,17H2,2H3,(H,28,29)/t21?,22-,23+/m0/s1. The summed E-state index contributed by atoms with van der Waals surface area (Å²) in [5.41, 5.74) is 1.95. The van der Waals surface area contributed by atoms with Crippen molar-refractivity contribution in [3.05, 3.63) is 78.4 Å². The summed E-state index contributed by atoms with van der Waals surface area (Å²) >= 11 is 0. The molecule has 0 saturated heterocycles. The maximum Gasteiger partial charge on any atom is 0.404 e. The lowest BCUT2D eigenvalue weighted by atomic mass is 9.99. The third-order valence-corrected chi connectivity index (χ3v) is 4.93. The molecule has 0 bridgehead atoms. The number of hydrogen-bond acceptors (Lipinski definition) is 5. The van der Waals surface area contributed by atoms with Crippen LogP contribution in [0.1, 0.15) is 23.6 Å². The molecule has 0 aliphatic heterocycles. The minimum atomic E-state index is -1.16. The van der Waals surface area contributed by atoms with E-state index in [0.717, 1.165) is 16.9 Å². The lowest BCUT2D eigenvalue weighted by Gasteiger charge is -2.26. The van der Waals surface area contributed by atoms with Gasteiger partial charge in [-0.1, -0.05) is 48.5 Å². The Kier molecular flexibility index (Phi) is 10.6. The van der Waals surface area contributed by atoms with E-state index in [1.165, 1.54) is 0 Å². The van der Waals surface area contributed by atoms with Crippen molar-refractivity contribution in [1.29, 1.82) is 0 Å². The predicted octanol–water partition coefficient (Wildman–Crippen LogP) is 3.16. The number of rotatable bonds is 14. The summed E-state index contributed by atoms with van der Waals surface area (Å²) in [6, 6.07) is 16.5. The summed E-state index contributed by atoms with van der Waals surface area (Å²) in [6.07, 6.45) is 0.676. The first-order valence-electron chi connectivity index (χ1n) is 10.3. The number of amides is 1. The van der Waals surface area contributed by atoms with Crippen LogP contribution >= 0.6 is 0 Å². The van der Waals surface area contributed by atoms with Crippen molar-refractivity contribution in [2.24, 2.45) is 0 Å². The van der Waals surface area contributed by atoms with Gasteiger partial charge in [0.15, 0.2) is 0 Å². The quantitative estimate of drug-likeness (QED) is 0.272. The molecule has 0 radical (unpaired) electrons. The fourth-order valence-corrected chi connectivity index (χ4v) is 3.33. The average molecular weight is 429 g/mol. The number of carboxylic acid groups (broad SMARTS) is 1. The predicted molar refractivity (Wildman–Crippen MR) is 120 cm³/mol. The van der Waals surface area contributed by atoms with Crippen molar-refractivity contribution < 1.29 is 24.5 Å². The van der Waals surface area contributed by atoms with Gasteiger partial charge >= 0.3 is 6.09 Å². The van der Waals surface area contributed by atoms with Crippen molar-refractivity contribution in [1.82, 2.24) is 10.6 Å².